The van der Waals surface area contributed by atoms with Crippen molar-refractivity contribution in [2.45, 2.75) is 46.5 Å². The Labute approximate surface area is 104 Å². The first kappa shape index (κ1) is 13.8. The fourth-order valence-electron chi connectivity index (χ4n) is 2.37. The molecule has 1 saturated carbocycles. The molecule has 1 aliphatic carbocycles. The van der Waals surface area contributed by atoms with Gasteiger partial charge in [-0.2, -0.15) is 0 Å². The van der Waals surface area contributed by atoms with Gasteiger partial charge in [0.1, 0.15) is 0 Å². The van der Waals surface area contributed by atoms with E-state index in [-0.39, 0.29) is 11.3 Å². The number of amides is 1. The molecule has 0 aromatic carbocycles. The average molecular weight is 246 g/mol. The van der Waals surface area contributed by atoms with Gasteiger partial charge in [-0.05, 0) is 30.1 Å². The molecule has 1 rings (SSSR count). The van der Waals surface area contributed by atoms with Crippen LogP contribution in [0.1, 0.15) is 46.5 Å². The Kier molecular flexibility index (Phi) is 5.10. The number of carbonyl (C=O) groups is 1. The van der Waals surface area contributed by atoms with Crippen LogP contribution in [-0.2, 0) is 4.79 Å². The summed E-state index contributed by atoms with van der Waals surface area (Å²) in [5.41, 5.74) is 0.0750. The molecule has 0 heterocycles. The van der Waals surface area contributed by atoms with Crippen LogP contribution in [0.15, 0.2) is 0 Å². The minimum atomic E-state index is 0.0750. The number of hydrogen-bond donors (Lipinski definition) is 1. The summed E-state index contributed by atoms with van der Waals surface area (Å²) in [4.78, 5) is 11.7. The number of hydrogen-bond acceptors (Lipinski definition) is 1. The quantitative estimate of drug-likeness (QED) is 0.758. The van der Waals surface area contributed by atoms with Gasteiger partial charge in [0.05, 0.1) is 0 Å². The molecule has 0 radical (unpaired) electrons. The molecular weight excluding hydrogens is 222 g/mol. The lowest BCUT2D eigenvalue weighted by Gasteiger charge is -2.20. The van der Waals surface area contributed by atoms with Gasteiger partial charge in [0.2, 0.25) is 5.91 Å². The summed E-state index contributed by atoms with van der Waals surface area (Å²) in [5, 5.41) is 3.05. The molecule has 2 unspecified atom stereocenters. The van der Waals surface area contributed by atoms with Crippen molar-refractivity contribution in [1.82, 2.24) is 5.32 Å². The monoisotopic (exact) mass is 245 g/mol. The Morgan fingerprint density at radius 2 is 1.94 bits per heavy atom. The van der Waals surface area contributed by atoms with Gasteiger partial charge >= 0.3 is 0 Å². The number of carbonyl (C=O) groups excluding carboxylic acids is 1. The predicted molar refractivity (Wildman–Crippen MR) is 68.6 cm³/mol. The zero-order chi connectivity index (χ0) is 12.2. The minimum Gasteiger partial charge on any atom is -0.356 e. The third-order valence-corrected chi connectivity index (χ3v) is 3.66. The van der Waals surface area contributed by atoms with Crippen LogP contribution in [0.4, 0.5) is 0 Å². The van der Waals surface area contributed by atoms with Crippen molar-refractivity contribution in [2.75, 3.05) is 12.4 Å². The minimum absolute atomic E-state index is 0.0750. The molecule has 0 aliphatic heterocycles. The molecule has 2 nitrogen and oxygen atoms in total. The Hall–Kier alpha value is -0.240. The fraction of sp³-hybridized carbons (Fsp3) is 0.923. The molecule has 0 aromatic heterocycles. The summed E-state index contributed by atoms with van der Waals surface area (Å²) in [5.74, 6) is 2.12. The van der Waals surface area contributed by atoms with E-state index >= 15 is 0 Å². The molecule has 3 heteroatoms. The maximum Gasteiger partial charge on any atom is 0.220 e. The molecule has 16 heavy (non-hydrogen) atoms. The first-order valence-electron chi connectivity index (χ1n) is 6.25. The summed E-state index contributed by atoms with van der Waals surface area (Å²) in [6.45, 7) is 7.07. The Balaban J connectivity index is 2.26. The molecule has 0 bridgehead atoms. The molecule has 2 atom stereocenters. The number of alkyl halides is 1. The molecule has 94 valence electrons. The van der Waals surface area contributed by atoms with Crippen LogP contribution in [0.2, 0.25) is 0 Å². The second kappa shape index (κ2) is 5.90. The fourth-order valence-corrected chi connectivity index (χ4v) is 2.78. The number of halogens is 1. The summed E-state index contributed by atoms with van der Waals surface area (Å²) >= 11 is 5.91. The van der Waals surface area contributed by atoms with Gasteiger partial charge in [0.25, 0.3) is 0 Å². The largest absolute Gasteiger partial charge is 0.356 e. The lowest BCUT2D eigenvalue weighted by Crippen LogP contribution is -2.33. The Morgan fingerprint density at radius 1 is 1.31 bits per heavy atom. The van der Waals surface area contributed by atoms with E-state index in [4.69, 9.17) is 11.6 Å². The number of nitrogens with one attached hydrogen (secondary N) is 1. The van der Waals surface area contributed by atoms with Crippen LogP contribution in [-0.4, -0.2) is 18.3 Å². The van der Waals surface area contributed by atoms with E-state index in [2.05, 4.69) is 26.1 Å². The van der Waals surface area contributed by atoms with E-state index in [9.17, 15) is 4.79 Å². The summed E-state index contributed by atoms with van der Waals surface area (Å²) in [6.07, 6.45) is 4.30. The lowest BCUT2D eigenvalue weighted by molar-refractivity contribution is -0.123. The molecular formula is C13H24ClNO. The van der Waals surface area contributed by atoms with Crippen molar-refractivity contribution < 1.29 is 4.79 Å². The molecule has 1 N–H and O–H groups in total. The highest BCUT2D eigenvalue weighted by molar-refractivity contribution is 6.18. The summed E-state index contributed by atoms with van der Waals surface area (Å²) in [7, 11) is 0. The third kappa shape index (κ3) is 4.73. The standard InChI is InChI=1S/C13H24ClNO/c1-13(2,3)7-12(16)15-9-11-6-4-5-10(11)8-14/h10-11H,4-9H2,1-3H3,(H,15,16). The Morgan fingerprint density at radius 3 is 2.50 bits per heavy atom. The van der Waals surface area contributed by atoms with Gasteiger partial charge < -0.3 is 5.32 Å². The van der Waals surface area contributed by atoms with Crippen LogP contribution in [0.25, 0.3) is 0 Å². The van der Waals surface area contributed by atoms with Crippen LogP contribution >= 0.6 is 11.6 Å². The van der Waals surface area contributed by atoms with E-state index in [0.29, 0.717) is 18.3 Å². The highest BCUT2D eigenvalue weighted by Crippen LogP contribution is 2.32. The van der Waals surface area contributed by atoms with Crippen molar-refractivity contribution in [2.24, 2.45) is 17.3 Å². The van der Waals surface area contributed by atoms with Gasteiger partial charge in [-0.3, -0.25) is 4.79 Å². The van der Waals surface area contributed by atoms with Crippen LogP contribution < -0.4 is 5.32 Å². The van der Waals surface area contributed by atoms with E-state index in [1.54, 1.807) is 0 Å². The average Bonchev–Trinajstić information content (AvgIpc) is 2.59. The molecule has 1 amide bonds. The van der Waals surface area contributed by atoms with E-state index < -0.39 is 0 Å². The summed E-state index contributed by atoms with van der Waals surface area (Å²) < 4.78 is 0. The van der Waals surface area contributed by atoms with E-state index in [1.807, 2.05) is 0 Å². The Bertz CT molecular complexity index is 235. The topological polar surface area (TPSA) is 29.1 Å². The first-order chi connectivity index (χ1) is 7.42. The van der Waals surface area contributed by atoms with E-state index in [1.165, 1.54) is 19.3 Å². The highest BCUT2D eigenvalue weighted by atomic mass is 35.5. The van der Waals surface area contributed by atoms with Gasteiger partial charge in [-0.25, -0.2) is 0 Å². The second-order valence-corrected chi connectivity index (χ2v) is 6.46. The normalized spacial score (nSPS) is 25.8. The maximum absolute atomic E-state index is 11.7. The van der Waals surface area contributed by atoms with Crippen molar-refractivity contribution in [3.8, 4) is 0 Å². The molecule has 0 spiro atoms. The molecule has 0 saturated heterocycles. The van der Waals surface area contributed by atoms with E-state index in [0.717, 1.165) is 12.4 Å². The maximum atomic E-state index is 11.7. The van der Waals surface area contributed by atoms with Crippen LogP contribution in [0.3, 0.4) is 0 Å². The molecule has 1 fully saturated rings. The zero-order valence-corrected chi connectivity index (χ0v) is 11.4. The van der Waals surface area contributed by atoms with Crippen molar-refractivity contribution in [3.05, 3.63) is 0 Å². The first-order valence-corrected chi connectivity index (χ1v) is 6.78. The lowest BCUT2D eigenvalue weighted by atomic mass is 9.91. The van der Waals surface area contributed by atoms with Crippen LogP contribution in [0.5, 0.6) is 0 Å². The predicted octanol–water partition coefficient (Wildman–Crippen LogP) is 3.19. The zero-order valence-electron chi connectivity index (χ0n) is 10.7. The van der Waals surface area contributed by atoms with Gasteiger partial charge in [-0.1, -0.05) is 27.2 Å². The molecule has 1 aliphatic rings. The summed E-state index contributed by atoms with van der Waals surface area (Å²) in [6, 6.07) is 0. The third-order valence-electron chi connectivity index (χ3n) is 3.27. The van der Waals surface area contributed by atoms with Crippen molar-refractivity contribution in [3.63, 3.8) is 0 Å². The van der Waals surface area contributed by atoms with Gasteiger partial charge in [-0.15, -0.1) is 11.6 Å². The van der Waals surface area contributed by atoms with Crippen molar-refractivity contribution in [1.29, 1.82) is 0 Å². The second-order valence-electron chi connectivity index (χ2n) is 6.15. The van der Waals surface area contributed by atoms with Crippen molar-refractivity contribution >= 4 is 17.5 Å². The number of rotatable bonds is 4. The van der Waals surface area contributed by atoms with Crippen LogP contribution in [0, 0.1) is 17.3 Å². The molecule has 0 aromatic rings. The highest BCUT2D eigenvalue weighted by Gasteiger charge is 2.27. The van der Waals surface area contributed by atoms with Gasteiger partial charge in [0, 0.05) is 18.8 Å². The smallest absolute Gasteiger partial charge is 0.220 e. The van der Waals surface area contributed by atoms with Gasteiger partial charge in [0.15, 0.2) is 0 Å². The SMILES string of the molecule is CC(C)(C)CC(=O)NCC1CCCC1CCl.